The second-order valence-corrected chi connectivity index (χ2v) is 5.00. The average molecular weight is 264 g/mol. The Balaban J connectivity index is 2.15. The Hall–Kier alpha value is -1.75. The first-order valence-corrected chi connectivity index (χ1v) is 6.25. The molecule has 0 bridgehead atoms. The number of likely N-dealkylation sites (N-methyl/N-ethyl adjacent to an activating group) is 1. The Bertz CT molecular complexity index is 484. The fourth-order valence-corrected chi connectivity index (χ4v) is 2.06. The molecule has 0 aliphatic heterocycles. The molecular weight excluding hydrogens is 244 g/mol. The number of carbonyl (C=O) groups excluding carboxylic acids is 1. The van der Waals surface area contributed by atoms with Crippen molar-refractivity contribution in [1.82, 2.24) is 4.90 Å². The summed E-state index contributed by atoms with van der Waals surface area (Å²) in [5, 5.41) is 0. The van der Waals surface area contributed by atoms with Crippen molar-refractivity contribution in [3.05, 3.63) is 23.8 Å². The van der Waals surface area contributed by atoms with Crippen molar-refractivity contribution < 1.29 is 14.3 Å². The molecule has 104 valence electrons. The Morgan fingerprint density at radius 2 is 2.05 bits per heavy atom. The topological polar surface area (TPSA) is 64.8 Å². The zero-order valence-corrected chi connectivity index (χ0v) is 11.6. The lowest BCUT2D eigenvalue weighted by atomic mass is 10.1. The number of benzene rings is 1. The lowest BCUT2D eigenvalue weighted by molar-refractivity contribution is -0.132. The third-order valence-corrected chi connectivity index (χ3v) is 3.46. The van der Waals surface area contributed by atoms with Gasteiger partial charge in [0.25, 0.3) is 0 Å². The van der Waals surface area contributed by atoms with E-state index >= 15 is 0 Å². The van der Waals surface area contributed by atoms with Crippen molar-refractivity contribution in [2.24, 2.45) is 5.73 Å². The van der Waals surface area contributed by atoms with Gasteiger partial charge in [-0.05, 0) is 31.0 Å². The summed E-state index contributed by atoms with van der Waals surface area (Å²) in [6.07, 6.45) is 1.54. The van der Waals surface area contributed by atoms with E-state index in [1.165, 1.54) is 0 Å². The Morgan fingerprint density at radius 1 is 1.37 bits per heavy atom. The van der Waals surface area contributed by atoms with Gasteiger partial charge in [0.05, 0.1) is 19.8 Å². The number of nitrogens with two attached hydrogens (primary N) is 1. The van der Waals surface area contributed by atoms with Crippen molar-refractivity contribution in [1.29, 1.82) is 0 Å². The van der Waals surface area contributed by atoms with Gasteiger partial charge in [-0.15, -0.1) is 0 Å². The second-order valence-electron chi connectivity index (χ2n) is 5.00. The van der Waals surface area contributed by atoms with Crippen LogP contribution in [0.15, 0.2) is 18.2 Å². The van der Waals surface area contributed by atoms with Gasteiger partial charge in [-0.3, -0.25) is 4.79 Å². The largest absolute Gasteiger partial charge is 0.497 e. The van der Waals surface area contributed by atoms with E-state index in [1.54, 1.807) is 26.2 Å². The molecule has 2 N–H and O–H groups in total. The van der Waals surface area contributed by atoms with E-state index in [9.17, 15) is 4.79 Å². The highest BCUT2D eigenvalue weighted by Crippen LogP contribution is 2.34. The monoisotopic (exact) mass is 264 g/mol. The average Bonchev–Trinajstić information content (AvgIpc) is 3.16. The summed E-state index contributed by atoms with van der Waals surface area (Å²) in [5.41, 5.74) is 6.19. The number of ether oxygens (including phenoxy) is 2. The molecule has 0 atom stereocenters. The number of hydrogen-bond acceptors (Lipinski definition) is 4. The maximum atomic E-state index is 12.1. The Morgan fingerprint density at radius 3 is 2.58 bits per heavy atom. The first kappa shape index (κ1) is 13.7. The van der Waals surface area contributed by atoms with Crippen molar-refractivity contribution in [2.75, 3.05) is 21.3 Å². The van der Waals surface area contributed by atoms with Crippen molar-refractivity contribution in [2.45, 2.75) is 24.9 Å². The summed E-state index contributed by atoms with van der Waals surface area (Å²) < 4.78 is 10.5. The van der Waals surface area contributed by atoms with Gasteiger partial charge in [-0.2, -0.15) is 0 Å². The molecule has 1 amide bonds. The van der Waals surface area contributed by atoms with E-state index in [0.29, 0.717) is 6.54 Å². The molecule has 1 aliphatic rings. The fraction of sp³-hybridized carbons (Fsp3) is 0.500. The maximum absolute atomic E-state index is 12.1. The SMILES string of the molecule is COc1ccc(OC)c(CN(C)C(=O)C2(N)CC2)c1. The molecule has 1 aromatic rings. The minimum atomic E-state index is -0.638. The molecule has 19 heavy (non-hydrogen) atoms. The van der Waals surface area contributed by atoms with Crippen LogP contribution in [0.1, 0.15) is 18.4 Å². The molecule has 1 fully saturated rings. The number of carbonyl (C=O) groups is 1. The maximum Gasteiger partial charge on any atom is 0.242 e. The number of amides is 1. The lowest BCUT2D eigenvalue weighted by Crippen LogP contribution is -2.43. The van der Waals surface area contributed by atoms with Crippen LogP contribution in [0, 0.1) is 0 Å². The van der Waals surface area contributed by atoms with Crippen LogP contribution in [0.4, 0.5) is 0 Å². The lowest BCUT2D eigenvalue weighted by Gasteiger charge is -2.22. The highest BCUT2D eigenvalue weighted by atomic mass is 16.5. The number of rotatable bonds is 5. The van der Waals surface area contributed by atoms with Crippen molar-refractivity contribution >= 4 is 5.91 Å². The highest BCUT2D eigenvalue weighted by Gasteiger charge is 2.47. The molecule has 0 aromatic heterocycles. The molecule has 5 nitrogen and oxygen atoms in total. The standard InChI is InChI=1S/C14H20N2O3/c1-16(13(17)14(15)6-7-14)9-10-8-11(18-2)4-5-12(10)19-3/h4-5,8H,6-7,9,15H2,1-3H3. The Labute approximate surface area is 113 Å². The van der Waals surface area contributed by atoms with Crippen LogP contribution in [0.25, 0.3) is 0 Å². The van der Waals surface area contributed by atoms with Crippen LogP contribution in [-0.4, -0.2) is 37.6 Å². The molecular formula is C14H20N2O3. The normalized spacial score (nSPS) is 15.8. The predicted octanol–water partition coefficient (Wildman–Crippen LogP) is 1.15. The molecule has 1 aromatic carbocycles. The molecule has 5 heteroatoms. The van der Waals surface area contributed by atoms with Gasteiger partial charge in [0.2, 0.25) is 5.91 Å². The van der Waals surface area contributed by atoms with E-state index in [-0.39, 0.29) is 5.91 Å². The van der Waals surface area contributed by atoms with E-state index in [1.807, 2.05) is 18.2 Å². The third-order valence-electron chi connectivity index (χ3n) is 3.46. The first-order valence-electron chi connectivity index (χ1n) is 6.25. The highest BCUT2D eigenvalue weighted by molar-refractivity contribution is 5.88. The number of nitrogens with zero attached hydrogens (tertiary/aromatic N) is 1. The van der Waals surface area contributed by atoms with Crippen LogP contribution in [0.5, 0.6) is 11.5 Å². The van der Waals surface area contributed by atoms with E-state index in [2.05, 4.69) is 0 Å². The molecule has 0 radical (unpaired) electrons. The zero-order chi connectivity index (χ0) is 14.0. The Kier molecular flexibility index (Phi) is 3.66. The number of methoxy groups -OCH3 is 2. The molecule has 0 saturated heterocycles. The van der Waals surface area contributed by atoms with Crippen molar-refractivity contribution in [3.8, 4) is 11.5 Å². The van der Waals surface area contributed by atoms with Gasteiger partial charge < -0.3 is 20.1 Å². The van der Waals surface area contributed by atoms with Gasteiger partial charge in [-0.25, -0.2) is 0 Å². The number of hydrogen-bond donors (Lipinski definition) is 1. The van der Waals surface area contributed by atoms with Crippen LogP contribution in [-0.2, 0) is 11.3 Å². The molecule has 2 rings (SSSR count). The summed E-state index contributed by atoms with van der Waals surface area (Å²) in [7, 11) is 4.98. The van der Waals surface area contributed by atoms with E-state index < -0.39 is 5.54 Å². The summed E-state index contributed by atoms with van der Waals surface area (Å²) in [5.74, 6) is 1.46. The van der Waals surface area contributed by atoms with Crippen molar-refractivity contribution in [3.63, 3.8) is 0 Å². The minimum Gasteiger partial charge on any atom is -0.497 e. The summed E-state index contributed by atoms with van der Waals surface area (Å²) in [6, 6.07) is 5.54. The fourth-order valence-electron chi connectivity index (χ4n) is 2.06. The molecule has 0 unspecified atom stereocenters. The molecule has 0 heterocycles. The summed E-state index contributed by atoms with van der Waals surface area (Å²) in [4.78, 5) is 13.8. The van der Waals surface area contributed by atoms with Gasteiger partial charge in [0, 0.05) is 19.2 Å². The van der Waals surface area contributed by atoms with E-state index in [0.717, 1.165) is 29.9 Å². The quantitative estimate of drug-likeness (QED) is 0.866. The van der Waals surface area contributed by atoms with E-state index in [4.69, 9.17) is 15.2 Å². The van der Waals surface area contributed by atoms with Crippen LogP contribution in [0.2, 0.25) is 0 Å². The van der Waals surface area contributed by atoms with Gasteiger partial charge in [0.1, 0.15) is 11.5 Å². The van der Waals surface area contributed by atoms with Crippen LogP contribution in [0.3, 0.4) is 0 Å². The smallest absolute Gasteiger partial charge is 0.242 e. The molecule has 1 saturated carbocycles. The second kappa shape index (κ2) is 5.09. The first-order chi connectivity index (χ1) is 9.00. The summed E-state index contributed by atoms with van der Waals surface area (Å²) in [6.45, 7) is 0.457. The third kappa shape index (κ3) is 2.81. The molecule has 1 aliphatic carbocycles. The van der Waals surface area contributed by atoms with Crippen LogP contribution >= 0.6 is 0 Å². The van der Waals surface area contributed by atoms with Gasteiger partial charge in [-0.1, -0.05) is 0 Å². The predicted molar refractivity (Wildman–Crippen MR) is 72.2 cm³/mol. The van der Waals surface area contributed by atoms with Gasteiger partial charge in [0.15, 0.2) is 0 Å². The van der Waals surface area contributed by atoms with Gasteiger partial charge >= 0.3 is 0 Å². The minimum absolute atomic E-state index is 0.0163. The van der Waals surface area contributed by atoms with Crippen LogP contribution < -0.4 is 15.2 Å². The summed E-state index contributed by atoms with van der Waals surface area (Å²) >= 11 is 0. The molecule has 0 spiro atoms. The zero-order valence-electron chi connectivity index (χ0n) is 11.6.